The molecule has 3 aromatic rings. The summed E-state index contributed by atoms with van der Waals surface area (Å²) in [5, 5.41) is 5.83. The number of nitrogens with zero attached hydrogens (tertiary/aromatic N) is 2. The molecule has 158 valence electrons. The largest absolute Gasteiger partial charge is 0.338 e. The second kappa shape index (κ2) is 10.00. The van der Waals surface area contributed by atoms with Crippen molar-refractivity contribution in [3.8, 4) is 0 Å². The Morgan fingerprint density at radius 3 is 2.97 bits per heavy atom. The number of hydrogen-bond acceptors (Lipinski definition) is 4. The Kier molecular flexibility index (Phi) is 6.92. The fourth-order valence-corrected chi connectivity index (χ4v) is 4.80. The Hall–Kier alpha value is -2.51. The number of urea groups is 1. The fraction of sp³-hybridized carbons (Fsp3) is 0.391. The molecule has 7 heteroatoms. The summed E-state index contributed by atoms with van der Waals surface area (Å²) in [6, 6.07) is 12.4. The highest BCUT2D eigenvalue weighted by Gasteiger charge is 2.19. The van der Waals surface area contributed by atoms with Gasteiger partial charge in [0.05, 0.1) is 15.7 Å². The number of fused-ring (bicyclic) bond motifs is 1. The normalized spacial score (nSPS) is 17.2. The monoisotopic (exact) mass is 426 g/mol. The molecule has 1 aliphatic heterocycles. The van der Waals surface area contributed by atoms with Gasteiger partial charge >= 0.3 is 6.03 Å². The molecular formula is C23H27FN4OS. The van der Waals surface area contributed by atoms with Gasteiger partial charge in [-0.3, -0.25) is 0 Å². The minimum absolute atomic E-state index is 0.174. The zero-order valence-electron chi connectivity index (χ0n) is 16.9. The van der Waals surface area contributed by atoms with Crippen LogP contribution >= 0.6 is 11.3 Å². The number of carbonyl (C=O) groups is 1. The minimum Gasteiger partial charge on any atom is -0.338 e. The Labute approximate surface area is 180 Å². The molecule has 0 unspecified atom stereocenters. The summed E-state index contributed by atoms with van der Waals surface area (Å²) in [6.45, 7) is 3.81. The number of thiazole rings is 1. The summed E-state index contributed by atoms with van der Waals surface area (Å²) in [6.07, 6.45) is 4.34. The van der Waals surface area contributed by atoms with Crippen molar-refractivity contribution < 1.29 is 9.18 Å². The van der Waals surface area contributed by atoms with Crippen LogP contribution in [0.1, 0.15) is 24.8 Å². The van der Waals surface area contributed by atoms with Crippen LogP contribution in [-0.2, 0) is 6.42 Å². The van der Waals surface area contributed by atoms with Crippen LogP contribution in [-0.4, -0.2) is 42.1 Å². The smallest absolute Gasteiger partial charge is 0.319 e. The van der Waals surface area contributed by atoms with Crippen LogP contribution in [0.15, 0.2) is 48.0 Å². The average Bonchev–Trinajstić information content (AvgIpc) is 3.21. The van der Waals surface area contributed by atoms with Gasteiger partial charge in [-0.2, -0.15) is 0 Å². The predicted molar refractivity (Wildman–Crippen MR) is 121 cm³/mol. The third kappa shape index (κ3) is 5.77. The summed E-state index contributed by atoms with van der Waals surface area (Å²) >= 11 is 1.56. The van der Waals surface area contributed by atoms with Crippen LogP contribution in [0.3, 0.4) is 0 Å². The first-order valence-electron chi connectivity index (χ1n) is 10.5. The highest BCUT2D eigenvalue weighted by atomic mass is 32.1. The van der Waals surface area contributed by atoms with Crippen molar-refractivity contribution in [3.05, 3.63) is 59.4 Å². The second-order valence-corrected chi connectivity index (χ2v) is 8.80. The number of anilines is 1. The van der Waals surface area contributed by atoms with Crippen molar-refractivity contribution in [3.63, 3.8) is 0 Å². The molecule has 0 bridgehead atoms. The van der Waals surface area contributed by atoms with Crippen LogP contribution in [0, 0.1) is 11.7 Å². The SMILES string of the molecule is O=C(NCCCN1CCC[C@@H](Cc2ccc(F)cc2)C1)Nc1ccc2ncsc2c1. The topological polar surface area (TPSA) is 57.3 Å². The third-order valence-electron chi connectivity index (χ3n) is 5.57. The number of benzene rings is 2. The highest BCUT2D eigenvalue weighted by Crippen LogP contribution is 2.22. The third-order valence-corrected chi connectivity index (χ3v) is 6.36. The molecule has 5 nitrogen and oxygen atoms in total. The lowest BCUT2D eigenvalue weighted by Crippen LogP contribution is -2.38. The van der Waals surface area contributed by atoms with Crippen molar-refractivity contribution in [1.82, 2.24) is 15.2 Å². The second-order valence-electron chi connectivity index (χ2n) is 7.91. The van der Waals surface area contributed by atoms with E-state index in [1.165, 1.54) is 18.4 Å². The molecule has 1 saturated heterocycles. The maximum Gasteiger partial charge on any atom is 0.319 e. The van der Waals surface area contributed by atoms with Crippen molar-refractivity contribution >= 4 is 33.3 Å². The lowest BCUT2D eigenvalue weighted by atomic mass is 9.91. The molecule has 2 amide bonds. The van der Waals surface area contributed by atoms with Gasteiger partial charge in [0, 0.05) is 18.8 Å². The summed E-state index contributed by atoms with van der Waals surface area (Å²) in [5.74, 6) is 0.437. The van der Waals surface area contributed by atoms with E-state index in [0.717, 1.165) is 48.4 Å². The minimum atomic E-state index is -0.176. The van der Waals surface area contributed by atoms with Crippen molar-refractivity contribution in [1.29, 1.82) is 0 Å². The van der Waals surface area contributed by atoms with E-state index in [1.54, 1.807) is 29.0 Å². The molecule has 1 aliphatic rings. The Morgan fingerprint density at radius 2 is 2.10 bits per heavy atom. The van der Waals surface area contributed by atoms with E-state index in [9.17, 15) is 9.18 Å². The highest BCUT2D eigenvalue weighted by molar-refractivity contribution is 7.16. The van der Waals surface area contributed by atoms with Gasteiger partial charge in [0.15, 0.2) is 0 Å². The number of nitrogens with one attached hydrogen (secondary N) is 2. The summed E-state index contributed by atoms with van der Waals surface area (Å²) in [7, 11) is 0. The predicted octanol–water partition coefficient (Wildman–Crippen LogP) is 4.90. The van der Waals surface area contributed by atoms with E-state index in [4.69, 9.17) is 0 Å². The molecule has 2 heterocycles. The van der Waals surface area contributed by atoms with E-state index in [2.05, 4.69) is 20.5 Å². The van der Waals surface area contributed by atoms with Crippen LogP contribution in [0.25, 0.3) is 10.2 Å². The van der Waals surface area contributed by atoms with Gasteiger partial charge < -0.3 is 15.5 Å². The standard InChI is InChI=1S/C23H27FN4OS/c24-19-6-4-17(5-7-19)13-18-3-1-11-28(15-18)12-2-10-25-23(29)27-20-8-9-21-22(14-20)30-16-26-21/h4-9,14,16,18H,1-3,10-13,15H2,(H2,25,27,29)/t18-/m0/s1. The number of hydrogen-bond donors (Lipinski definition) is 2. The summed E-state index contributed by atoms with van der Waals surface area (Å²) < 4.78 is 14.1. The van der Waals surface area contributed by atoms with Gasteiger partial charge in [-0.15, -0.1) is 11.3 Å². The lowest BCUT2D eigenvalue weighted by molar-refractivity contribution is 0.172. The number of likely N-dealkylation sites (tertiary alicyclic amines) is 1. The number of aromatic nitrogens is 1. The number of halogens is 1. The van der Waals surface area contributed by atoms with Gasteiger partial charge in [-0.1, -0.05) is 12.1 Å². The first-order chi connectivity index (χ1) is 14.7. The van der Waals surface area contributed by atoms with E-state index >= 15 is 0 Å². The van der Waals surface area contributed by atoms with Gasteiger partial charge in [0.25, 0.3) is 0 Å². The van der Waals surface area contributed by atoms with Gasteiger partial charge in [-0.05, 0) is 80.6 Å². The van der Waals surface area contributed by atoms with Crippen LogP contribution < -0.4 is 10.6 Å². The Balaban J connectivity index is 1.15. The quantitative estimate of drug-likeness (QED) is 0.528. The maximum atomic E-state index is 13.1. The van der Waals surface area contributed by atoms with Crippen molar-refractivity contribution in [2.24, 2.45) is 5.92 Å². The Morgan fingerprint density at radius 1 is 1.23 bits per heavy atom. The van der Waals surface area contributed by atoms with Crippen LogP contribution in [0.2, 0.25) is 0 Å². The van der Waals surface area contributed by atoms with E-state index in [0.29, 0.717) is 12.5 Å². The first-order valence-corrected chi connectivity index (χ1v) is 11.4. The molecule has 30 heavy (non-hydrogen) atoms. The fourth-order valence-electron chi connectivity index (χ4n) is 4.09. The number of rotatable bonds is 7. The summed E-state index contributed by atoms with van der Waals surface area (Å²) in [4.78, 5) is 18.9. The Bertz CT molecular complexity index is 975. The molecule has 0 aliphatic carbocycles. The number of amides is 2. The number of carbonyl (C=O) groups excluding carboxylic acids is 1. The summed E-state index contributed by atoms with van der Waals surface area (Å²) in [5.41, 5.74) is 4.74. The molecule has 1 aromatic heterocycles. The van der Waals surface area contributed by atoms with Crippen LogP contribution in [0.4, 0.5) is 14.9 Å². The van der Waals surface area contributed by atoms with E-state index in [-0.39, 0.29) is 11.8 Å². The molecule has 4 rings (SSSR count). The first kappa shape index (κ1) is 20.8. The molecule has 2 aromatic carbocycles. The average molecular weight is 427 g/mol. The van der Waals surface area contributed by atoms with E-state index in [1.807, 2.05) is 30.3 Å². The van der Waals surface area contributed by atoms with Gasteiger partial charge in [0.2, 0.25) is 0 Å². The van der Waals surface area contributed by atoms with Gasteiger partial charge in [0.1, 0.15) is 5.82 Å². The van der Waals surface area contributed by atoms with Gasteiger partial charge in [-0.25, -0.2) is 14.2 Å². The molecule has 0 saturated carbocycles. The lowest BCUT2D eigenvalue weighted by Gasteiger charge is -2.32. The van der Waals surface area contributed by atoms with Crippen LogP contribution in [0.5, 0.6) is 0 Å². The molecule has 2 N–H and O–H groups in total. The zero-order chi connectivity index (χ0) is 20.8. The molecule has 0 spiro atoms. The van der Waals surface area contributed by atoms with Crippen molar-refractivity contribution in [2.75, 3.05) is 31.5 Å². The molecule has 1 atom stereocenters. The molecule has 1 fully saturated rings. The van der Waals surface area contributed by atoms with Crippen molar-refractivity contribution in [2.45, 2.75) is 25.7 Å². The van der Waals surface area contributed by atoms with E-state index < -0.39 is 0 Å². The zero-order valence-corrected chi connectivity index (χ0v) is 17.8. The molecule has 0 radical (unpaired) electrons. The molecular weight excluding hydrogens is 399 g/mol. The number of piperidine rings is 1. The maximum absolute atomic E-state index is 13.1.